The smallest absolute Gasteiger partial charge is 0.234 e. The van der Waals surface area contributed by atoms with Crippen LogP contribution in [0.2, 0.25) is 5.02 Å². The van der Waals surface area contributed by atoms with Gasteiger partial charge in [-0.25, -0.2) is 0 Å². The van der Waals surface area contributed by atoms with Gasteiger partial charge in [-0.2, -0.15) is 0 Å². The Hall–Kier alpha value is -1.10. The molecule has 110 valence electrons. The monoisotopic (exact) mass is 337 g/mol. The van der Waals surface area contributed by atoms with Crippen LogP contribution in [0.5, 0.6) is 0 Å². The molecule has 1 N–H and O–H groups in total. The first-order valence-electron chi connectivity index (χ1n) is 6.44. The molecular formula is C16H16ClNOS2. The van der Waals surface area contributed by atoms with Crippen LogP contribution in [0, 0.1) is 0 Å². The lowest BCUT2D eigenvalue weighted by atomic mass is 10.2. The molecule has 0 aliphatic carbocycles. The molecule has 2 aromatic carbocycles. The van der Waals surface area contributed by atoms with Gasteiger partial charge in [0.15, 0.2) is 0 Å². The van der Waals surface area contributed by atoms with Crippen molar-refractivity contribution in [3.63, 3.8) is 0 Å². The number of nitrogens with one attached hydrogen (secondary N) is 1. The van der Waals surface area contributed by atoms with Gasteiger partial charge >= 0.3 is 0 Å². The first-order valence-corrected chi connectivity index (χ1v) is 9.20. The van der Waals surface area contributed by atoms with E-state index in [0.717, 1.165) is 22.0 Å². The maximum absolute atomic E-state index is 11.9. The third-order valence-corrected chi connectivity index (χ3v) is 4.92. The minimum Gasteiger partial charge on any atom is -0.325 e. The number of hydrogen-bond acceptors (Lipinski definition) is 3. The fourth-order valence-electron chi connectivity index (χ4n) is 1.74. The van der Waals surface area contributed by atoms with Crippen molar-refractivity contribution < 1.29 is 4.79 Å². The van der Waals surface area contributed by atoms with Crippen molar-refractivity contribution in [1.29, 1.82) is 0 Å². The van der Waals surface area contributed by atoms with Crippen LogP contribution in [0.25, 0.3) is 0 Å². The first kappa shape index (κ1) is 16.3. The van der Waals surface area contributed by atoms with Gasteiger partial charge < -0.3 is 5.32 Å². The molecule has 2 aromatic rings. The van der Waals surface area contributed by atoms with Crippen molar-refractivity contribution in [3.05, 3.63) is 59.1 Å². The highest BCUT2D eigenvalue weighted by molar-refractivity contribution is 7.99. The lowest BCUT2D eigenvalue weighted by Crippen LogP contribution is -2.14. The number of anilines is 1. The van der Waals surface area contributed by atoms with Gasteiger partial charge in [0.05, 0.1) is 5.75 Å². The van der Waals surface area contributed by atoms with E-state index in [0.29, 0.717) is 5.75 Å². The molecule has 0 saturated heterocycles. The molecule has 0 aromatic heterocycles. The highest BCUT2D eigenvalue weighted by Gasteiger charge is 2.04. The summed E-state index contributed by atoms with van der Waals surface area (Å²) in [5.74, 6) is 1.15. The van der Waals surface area contributed by atoms with Crippen LogP contribution < -0.4 is 5.32 Å². The predicted octanol–water partition coefficient (Wildman–Crippen LogP) is 4.93. The van der Waals surface area contributed by atoms with Crippen molar-refractivity contribution in [3.8, 4) is 0 Å². The van der Waals surface area contributed by atoms with E-state index in [1.807, 2.05) is 54.8 Å². The summed E-state index contributed by atoms with van der Waals surface area (Å²) in [4.78, 5) is 13.1. The predicted molar refractivity (Wildman–Crippen MR) is 94.5 cm³/mol. The second-order valence-electron chi connectivity index (χ2n) is 4.36. The Kier molecular flexibility index (Phi) is 6.49. The third-order valence-electron chi connectivity index (χ3n) is 2.82. The van der Waals surface area contributed by atoms with E-state index in [1.54, 1.807) is 23.5 Å². The fraction of sp³-hybridized carbons (Fsp3) is 0.188. The van der Waals surface area contributed by atoms with Crippen molar-refractivity contribution in [2.45, 2.75) is 10.6 Å². The standard InChI is InChI=1S/C16H16ClNOS2/c1-20-14-8-6-13(7-9-14)18-16(19)11-21-10-12-4-2-3-5-15(12)17/h2-9H,10-11H2,1H3,(H,18,19). The van der Waals surface area contributed by atoms with Crippen LogP contribution in [0.15, 0.2) is 53.4 Å². The van der Waals surface area contributed by atoms with Crippen LogP contribution in [0.3, 0.4) is 0 Å². The van der Waals surface area contributed by atoms with Gasteiger partial charge in [0.25, 0.3) is 0 Å². The molecule has 0 aliphatic rings. The summed E-state index contributed by atoms with van der Waals surface area (Å²) < 4.78 is 0. The molecule has 0 atom stereocenters. The van der Waals surface area contributed by atoms with Gasteiger partial charge in [-0.3, -0.25) is 4.79 Å². The summed E-state index contributed by atoms with van der Waals surface area (Å²) in [5, 5.41) is 3.64. The maximum Gasteiger partial charge on any atom is 0.234 e. The van der Waals surface area contributed by atoms with E-state index >= 15 is 0 Å². The molecule has 2 rings (SSSR count). The highest BCUT2D eigenvalue weighted by atomic mass is 35.5. The zero-order chi connectivity index (χ0) is 15.1. The number of carbonyl (C=O) groups is 1. The Bertz CT molecular complexity index is 601. The maximum atomic E-state index is 11.9. The van der Waals surface area contributed by atoms with Crippen LogP contribution in [0.4, 0.5) is 5.69 Å². The van der Waals surface area contributed by atoms with E-state index in [2.05, 4.69) is 5.32 Å². The highest BCUT2D eigenvalue weighted by Crippen LogP contribution is 2.21. The first-order chi connectivity index (χ1) is 10.2. The molecule has 0 spiro atoms. The van der Waals surface area contributed by atoms with Crippen molar-refractivity contribution in [2.75, 3.05) is 17.3 Å². The number of rotatable bonds is 6. The number of carbonyl (C=O) groups excluding carboxylic acids is 1. The minimum atomic E-state index is 0.00366. The summed E-state index contributed by atoms with van der Waals surface area (Å²) in [5.41, 5.74) is 1.89. The van der Waals surface area contributed by atoms with Crippen LogP contribution >= 0.6 is 35.1 Å². The van der Waals surface area contributed by atoms with Gasteiger partial charge in [0.1, 0.15) is 0 Å². The zero-order valence-corrected chi connectivity index (χ0v) is 14.0. The van der Waals surface area contributed by atoms with E-state index in [1.165, 1.54) is 4.90 Å². The largest absolute Gasteiger partial charge is 0.325 e. The molecule has 0 unspecified atom stereocenters. The Morgan fingerprint density at radius 2 is 1.86 bits per heavy atom. The molecule has 0 heterocycles. The van der Waals surface area contributed by atoms with Gasteiger partial charge in [0.2, 0.25) is 5.91 Å². The Balaban J connectivity index is 1.78. The molecule has 2 nitrogen and oxygen atoms in total. The summed E-state index contributed by atoms with van der Waals surface area (Å²) in [7, 11) is 0. The number of amides is 1. The quantitative estimate of drug-likeness (QED) is 0.757. The SMILES string of the molecule is CSc1ccc(NC(=O)CSCc2ccccc2Cl)cc1. The normalized spacial score (nSPS) is 10.4. The number of thioether (sulfide) groups is 2. The Morgan fingerprint density at radius 1 is 1.14 bits per heavy atom. The molecular weight excluding hydrogens is 322 g/mol. The lowest BCUT2D eigenvalue weighted by Gasteiger charge is -2.06. The summed E-state index contributed by atoms with van der Waals surface area (Å²) in [6.45, 7) is 0. The molecule has 5 heteroatoms. The van der Waals surface area contributed by atoms with Crippen LogP contribution in [-0.4, -0.2) is 17.9 Å². The summed E-state index contributed by atoms with van der Waals surface area (Å²) in [6.07, 6.45) is 2.03. The summed E-state index contributed by atoms with van der Waals surface area (Å²) >= 11 is 9.32. The number of halogens is 1. The van der Waals surface area contributed by atoms with E-state index in [-0.39, 0.29) is 5.91 Å². The molecule has 0 bridgehead atoms. The lowest BCUT2D eigenvalue weighted by molar-refractivity contribution is -0.113. The van der Waals surface area contributed by atoms with E-state index < -0.39 is 0 Å². The van der Waals surface area contributed by atoms with Gasteiger partial charge in [0, 0.05) is 21.4 Å². The van der Waals surface area contributed by atoms with Crippen molar-refractivity contribution >= 4 is 46.7 Å². The van der Waals surface area contributed by atoms with Gasteiger partial charge in [-0.15, -0.1) is 23.5 Å². The average molecular weight is 338 g/mol. The number of benzene rings is 2. The molecule has 21 heavy (non-hydrogen) atoms. The second-order valence-corrected chi connectivity index (χ2v) is 6.63. The molecule has 0 aliphatic heterocycles. The summed E-state index contributed by atoms with van der Waals surface area (Å²) in [6, 6.07) is 15.5. The molecule has 0 radical (unpaired) electrons. The zero-order valence-electron chi connectivity index (χ0n) is 11.6. The Morgan fingerprint density at radius 3 is 2.52 bits per heavy atom. The molecule has 0 saturated carbocycles. The fourth-order valence-corrected chi connectivity index (χ4v) is 3.26. The minimum absolute atomic E-state index is 0.00366. The number of hydrogen-bond donors (Lipinski definition) is 1. The molecule has 0 fully saturated rings. The van der Waals surface area contributed by atoms with Gasteiger partial charge in [-0.1, -0.05) is 29.8 Å². The van der Waals surface area contributed by atoms with Crippen LogP contribution in [-0.2, 0) is 10.5 Å². The van der Waals surface area contributed by atoms with Crippen molar-refractivity contribution in [1.82, 2.24) is 0 Å². The van der Waals surface area contributed by atoms with Crippen LogP contribution in [0.1, 0.15) is 5.56 Å². The van der Waals surface area contributed by atoms with Gasteiger partial charge in [-0.05, 0) is 42.2 Å². The third kappa shape index (κ3) is 5.30. The van der Waals surface area contributed by atoms with E-state index in [9.17, 15) is 4.79 Å². The Labute approximate surface area is 138 Å². The molecule has 1 amide bonds. The van der Waals surface area contributed by atoms with E-state index in [4.69, 9.17) is 11.6 Å². The average Bonchev–Trinajstić information content (AvgIpc) is 2.50. The second kappa shape index (κ2) is 8.37. The topological polar surface area (TPSA) is 29.1 Å². The van der Waals surface area contributed by atoms with Crippen molar-refractivity contribution in [2.24, 2.45) is 0 Å².